The van der Waals surface area contributed by atoms with Crippen molar-refractivity contribution in [2.45, 2.75) is 45.3 Å². The third-order valence-corrected chi connectivity index (χ3v) is 4.14. The Balaban J connectivity index is 0.00000264. The molecule has 23 heavy (non-hydrogen) atoms. The molecule has 1 saturated heterocycles. The number of nitrogens with zero attached hydrogens (tertiary/aromatic N) is 1. The second kappa shape index (κ2) is 10.8. The number of rotatable bonds is 8. The Bertz CT molecular complexity index is 442. The van der Waals surface area contributed by atoms with Crippen LogP contribution in [0.25, 0.3) is 0 Å². The van der Waals surface area contributed by atoms with Gasteiger partial charge in [0.25, 0.3) is 0 Å². The minimum atomic E-state index is -2.77. The molecular weight excluding hydrogens is 322 g/mol. The van der Waals surface area contributed by atoms with Crippen LogP contribution in [0.3, 0.4) is 0 Å². The van der Waals surface area contributed by atoms with E-state index < -0.39 is 6.61 Å². The summed E-state index contributed by atoms with van der Waals surface area (Å²) in [7, 11) is 0. The Morgan fingerprint density at radius 3 is 2.61 bits per heavy atom. The monoisotopic (exact) mass is 348 g/mol. The molecular formula is C17H27ClF2N2O. The summed E-state index contributed by atoms with van der Waals surface area (Å²) in [5.74, 6) is 0.253. The minimum absolute atomic E-state index is 0. The molecule has 3 nitrogen and oxygen atoms in total. The number of hydrogen-bond acceptors (Lipinski definition) is 3. The molecule has 132 valence electrons. The predicted octanol–water partition coefficient (Wildman–Crippen LogP) is 4.24. The maximum Gasteiger partial charge on any atom is 0.387 e. The van der Waals surface area contributed by atoms with E-state index in [1.807, 2.05) is 12.1 Å². The molecule has 1 aromatic carbocycles. The first kappa shape index (κ1) is 20.1. The van der Waals surface area contributed by atoms with Crippen LogP contribution in [0, 0.1) is 0 Å². The van der Waals surface area contributed by atoms with Gasteiger partial charge in [0.15, 0.2) is 0 Å². The Labute approximate surface area is 143 Å². The van der Waals surface area contributed by atoms with Gasteiger partial charge in [-0.1, -0.05) is 38.3 Å². The van der Waals surface area contributed by atoms with Gasteiger partial charge in [0.2, 0.25) is 0 Å². The lowest BCUT2D eigenvalue weighted by Gasteiger charge is -2.35. The van der Waals surface area contributed by atoms with E-state index in [4.69, 9.17) is 0 Å². The average Bonchev–Trinajstić information content (AvgIpc) is 2.52. The fourth-order valence-electron chi connectivity index (χ4n) is 3.04. The van der Waals surface area contributed by atoms with E-state index in [1.54, 1.807) is 12.1 Å². The Morgan fingerprint density at radius 1 is 1.22 bits per heavy atom. The average molecular weight is 349 g/mol. The Kier molecular flexibility index (Phi) is 9.44. The van der Waals surface area contributed by atoms with Crippen molar-refractivity contribution in [1.29, 1.82) is 0 Å². The van der Waals surface area contributed by atoms with Crippen LogP contribution in [0.2, 0.25) is 0 Å². The van der Waals surface area contributed by atoms with Gasteiger partial charge in [0.05, 0.1) is 0 Å². The highest BCUT2D eigenvalue weighted by atomic mass is 35.5. The molecule has 1 aliphatic rings. The lowest BCUT2D eigenvalue weighted by Crippen LogP contribution is -2.45. The first-order chi connectivity index (χ1) is 10.7. The molecule has 1 N–H and O–H groups in total. The number of nitrogens with one attached hydrogen (secondary N) is 1. The van der Waals surface area contributed by atoms with Gasteiger partial charge in [-0.25, -0.2) is 0 Å². The zero-order valence-electron chi connectivity index (χ0n) is 13.6. The first-order valence-corrected chi connectivity index (χ1v) is 8.20. The number of benzene rings is 1. The Hall–Kier alpha value is -0.910. The maximum absolute atomic E-state index is 12.4. The van der Waals surface area contributed by atoms with Gasteiger partial charge in [-0.2, -0.15) is 8.78 Å². The van der Waals surface area contributed by atoms with Crippen molar-refractivity contribution in [2.24, 2.45) is 0 Å². The van der Waals surface area contributed by atoms with Crippen LogP contribution in [-0.2, 0) is 0 Å². The van der Waals surface area contributed by atoms with E-state index in [-0.39, 0.29) is 24.2 Å². The van der Waals surface area contributed by atoms with Crippen molar-refractivity contribution < 1.29 is 13.5 Å². The van der Waals surface area contributed by atoms with Crippen LogP contribution in [0.5, 0.6) is 5.75 Å². The zero-order valence-corrected chi connectivity index (χ0v) is 14.5. The standard InChI is InChI=1S/C17H26F2N2O.ClH/c1-2-3-4-8-16(21-11-9-20-10-12-21)14-6-5-7-15(13-14)22-17(18)19;/h5-7,13,16-17,20H,2-4,8-12H2,1H3;1H/t16-;/m1./s1. The van der Waals surface area contributed by atoms with E-state index in [0.717, 1.165) is 44.6 Å². The molecule has 2 rings (SSSR count). The van der Waals surface area contributed by atoms with Gasteiger partial charge in [-0.15, -0.1) is 12.4 Å². The zero-order chi connectivity index (χ0) is 15.8. The van der Waals surface area contributed by atoms with E-state index in [9.17, 15) is 8.78 Å². The maximum atomic E-state index is 12.4. The highest BCUT2D eigenvalue weighted by molar-refractivity contribution is 5.85. The van der Waals surface area contributed by atoms with Crippen molar-refractivity contribution in [3.8, 4) is 5.75 Å². The van der Waals surface area contributed by atoms with E-state index >= 15 is 0 Å². The van der Waals surface area contributed by atoms with Crippen molar-refractivity contribution in [1.82, 2.24) is 10.2 Å². The summed E-state index contributed by atoms with van der Waals surface area (Å²) in [6.45, 7) is 3.38. The van der Waals surface area contributed by atoms with Crippen LogP contribution in [0.15, 0.2) is 24.3 Å². The number of hydrogen-bond donors (Lipinski definition) is 1. The lowest BCUT2D eigenvalue weighted by atomic mass is 9.98. The molecule has 0 amide bonds. The summed E-state index contributed by atoms with van der Waals surface area (Å²) >= 11 is 0. The number of piperazine rings is 1. The second-order valence-electron chi connectivity index (χ2n) is 5.75. The third-order valence-electron chi connectivity index (χ3n) is 4.14. The van der Waals surface area contributed by atoms with Crippen LogP contribution in [0.4, 0.5) is 8.78 Å². The van der Waals surface area contributed by atoms with Crippen molar-refractivity contribution in [2.75, 3.05) is 26.2 Å². The number of ether oxygens (including phenoxy) is 1. The summed E-state index contributed by atoms with van der Waals surface area (Å²) in [5.41, 5.74) is 1.08. The van der Waals surface area contributed by atoms with Gasteiger partial charge in [-0.3, -0.25) is 4.90 Å². The quantitative estimate of drug-likeness (QED) is 0.711. The fraction of sp³-hybridized carbons (Fsp3) is 0.647. The highest BCUT2D eigenvalue weighted by Gasteiger charge is 2.22. The van der Waals surface area contributed by atoms with E-state index in [1.165, 1.54) is 12.8 Å². The summed E-state index contributed by atoms with van der Waals surface area (Å²) in [6.07, 6.45) is 4.61. The van der Waals surface area contributed by atoms with Crippen LogP contribution >= 0.6 is 12.4 Å². The molecule has 1 atom stereocenters. The first-order valence-electron chi connectivity index (χ1n) is 8.20. The normalized spacial score (nSPS) is 16.9. The van der Waals surface area contributed by atoms with Crippen LogP contribution in [-0.4, -0.2) is 37.7 Å². The van der Waals surface area contributed by atoms with Gasteiger partial charge < -0.3 is 10.1 Å². The van der Waals surface area contributed by atoms with E-state index in [0.29, 0.717) is 0 Å². The highest BCUT2D eigenvalue weighted by Crippen LogP contribution is 2.29. The van der Waals surface area contributed by atoms with Gasteiger partial charge >= 0.3 is 6.61 Å². The van der Waals surface area contributed by atoms with Crippen LogP contribution < -0.4 is 10.1 Å². The van der Waals surface area contributed by atoms with Crippen molar-refractivity contribution in [3.63, 3.8) is 0 Å². The molecule has 0 aliphatic carbocycles. The summed E-state index contributed by atoms with van der Waals surface area (Å²) in [5, 5.41) is 3.36. The largest absolute Gasteiger partial charge is 0.435 e. The summed E-state index contributed by atoms with van der Waals surface area (Å²) in [6, 6.07) is 7.48. The molecule has 1 fully saturated rings. The number of alkyl halides is 2. The van der Waals surface area contributed by atoms with Gasteiger partial charge in [0.1, 0.15) is 5.75 Å². The summed E-state index contributed by atoms with van der Waals surface area (Å²) in [4.78, 5) is 2.45. The molecule has 1 aromatic rings. The van der Waals surface area contributed by atoms with Crippen molar-refractivity contribution in [3.05, 3.63) is 29.8 Å². The lowest BCUT2D eigenvalue weighted by molar-refractivity contribution is -0.0499. The molecule has 1 heterocycles. The molecule has 0 saturated carbocycles. The van der Waals surface area contributed by atoms with Gasteiger partial charge in [-0.05, 0) is 24.1 Å². The SMILES string of the molecule is CCCCC[C@H](c1cccc(OC(F)F)c1)N1CCNCC1.Cl. The predicted molar refractivity (Wildman–Crippen MR) is 91.6 cm³/mol. The second-order valence-corrected chi connectivity index (χ2v) is 5.75. The smallest absolute Gasteiger partial charge is 0.387 e. The third kappa shape index (κ3) is 6.61. The van der Waals surface area contributed by atoms with Crippen molar-refractivity contribution >= 4 is 12.4 Å². The number of unbranched alkanes of at least 4 members (excludes halogenated alkanes) is 2. The summed E-state index contributed by atoms with van der Waals surface area (Å²) < 4.78 is 29.4. The van der Waals surface area contributed by atoms with E-state index in [2.05, 4.69) is 21.9 Å². The fourth-order valence-corrected chi connectivity index (χ4v) is 3.04. The molecule has 1 aliphatic heterocycles. The molecule has 6 heteroatoms. The molecule has 0 radical (unpaired) electrons. The molecule has 0 unspecified atom stereocenters. The molecule has 0 spiro atoms. The Morgan fingerprint density at radius 2 is 1.96 bits per heavy atom. The number of halogens is 3. The van der Waals surface area contributed by atoms with Gasteiger partial charge in [0, 0.05) is 32.2 Å². The van der Waals surface area contributed by atoms with Crippen LogP contribution in [0.1, 0.15) is 44.2 Å². The molecule has 0 aromatic heterocycles. The topological polar surface area (TPSA) is 24.5 Å². The molecule has 0 bridgehead atoms. The minimum Gasteiger partial charge on any atom is -0.435 e.